The molecular weight excluding hydrogens is 496 g/mol. The van der Waals surface area contributed by atoms with Crippen LogP contribution in [0.3, 0.4) is 0 Å². The summed E-state index contributed by atoms with van der Waals surface area (Å²) in [5, 5.41) is 21.0. The highest BCUT2D eigenvalue weighted by Gasteiger charge is 2.32. The molecule has 3 aromatic rings. The molecule has 0 saturated carbocycles. The van der Waals surface area contributed by atoms with Gasteiger partial charge in [0.15, 0.2) is 6.29 Å². The van der Waals surface area contributed by atoms with Crippen LogP contribution in [0.4, 0.5) is 5.69 Å². The van der Waals surface area contributed by atoms with Crippen molar-refractivity contribution in [1.29, 1.82) is 0 Å². The first-order valence-corrected chi connectivity index (χ1v) is 13.2. The van der Waals surface area contributed by atoms with Crippen molar-refractivity contribution in [3.05, 3.63) is 101 Å². The number of carboxylic acids is 1. The van der Waals surface area contributed by atoms with Gasteiger partial charge in [-0.05, 0) is 42.3 Å². The van der Waals surface area contributed by atoms with Crippen LogP contribution in [-0.2, 0) is 32.2 Å². The van der Waals surface area contributed by atoms with E-state index in [0.717, 1.165) is 29.8 Å². The van der Waals surface area contributed by atoms with Gasteiger partial charge in [-0.3, -0.25) is 14.5 Å². The van der Waals surface area contributed by atoms with Crippen LogP contribution in [0, 0.1) is 0 Å². The smallest absolute Gasteiger partial charge is 0.303 e. The lowest BCUT2D eigenvalue weighted by Gasteiger charge is -2.38. The molecule has 1 fully saturated rings. The van der Waals surface area contributed by atoms with Crippen LogP contribution in [-0.4, -0.2) is 46.7 Å². The molecule has 206 valence electrons. The molecule has 1 amide bonds. The van der Waals surface area contributed by atoms with Gasteiger partial charge in [0.2, 0.25) is 5.91 Å². The van der Waals surface area contributed by atoms with Crippen LogP contribution in [0.5, 0.6) is 0 Å². The van der Waals surface area contributed by atoms with Gasteiger partial charge in [-0.15, -0.1) is 0 Å². The number of amides is 1. The van der Waals surface area contributed by atoms with Gasteiger partial charge >= 0.3 is 5.97 Å². The zero-order valence-electron chi connectivity index (χ0n) is 22.2. The summed E-state index contributed by atoms with van der Waals surface area (Å²) in [5.74, 6) is -1.13. The Labute approximate surface area is 229 Å². The van der Waals surface area contributed by atoms with Crippen molar-refractivity contribution in [3.8, 4) is 0 Å². The third-order valence-electron chi connectivity index (χ3n) is 6.69. The maximum Gasteiger partial charge on any atom is 0.303 e. The Hall–Kier alpha value is -3.56. The van der Waals surface area contributed by atoms with E-state index in [-0.39, 0.29) is 37.6 Å². The quantitative estimate of drug-likeness (QED) is 0.300. The maximum atomic E-state index is 12.1. The molecule has 1 heterocycles. The summed E-state index contributed by atoms with van der Waals surface area (Å²) in [5.41, 5.74) is 4.58. The number of carboxylic acid groups (broad SMARTS) is 1. The van der Waals surface area contributed by atoms with Crippen LogP contribution < -0.4 is 5.32 Å². The normalized spacial score (nSPS) is 19.1. The number of hydrogen-bond donors (Lipinski definition) is 3. The number of aliphatic carboxylic acids is 1. The monoisotopic (exact) mass is 532 g/mol. The second-order valence-electron chi connectivity index (χ2n) is 9.95. The number of aliphatic hydroxyl groups excluding tert-OH is 1. The number of benzene rings is 3. The molecule has 8 heteroatoms. The van der Waals surface area contributed by atoms with Crippen LogP contribution in [0.1, 0.15) is 60.3 Å². The first-order valence-electron chi connectivity index (χ1n) is 13.2. The fourth-order valence-corrected chi connectivity index (χ4v) is 4.69. The Bertz CT molecular complexity index is 1200. The molecule has 1 saturated heterocycles. The lowest BCUT2D eigenvalue weighted by Crippen LogP contribution is -2.37. The minimum atomic E-state index is -0.910. The zero-order valence-corrected chi connectivity index (χ0v) is 22.2. The van der Waals surface area contributed by atoms with Gasteiger partial charge in [0.25, 0.3) is 0 Å². The second-order valence-corrected chi connectivity index (χ2v) is 9.95. The summed E-state index contributed by atoms with van der Waals surface area (Å²) in [7, 11) is 2.08. The Morgan fingerprint density at radius 2 is 1.59 bits per heavy atom. The number of aliphatic hydroxyl groups is 1. The summed E-state index contributed by atoms with van der Waals surface area (Å²) >= 11 is 0. The molecule has 0 bridgehead atoms. The molecule has 0 aromatic heterocycles. The number of ether oxygens (including phenoxy) is 2. The molecule has 1 aliphatic heterocycles. The van der Waals surface area contributed by atoms with E-state index in [1.165, 1.54) is 5.56 Å². The summed E-state index contributed by atoms with van der Waals surface area (Å²) in [4.78, 5) is 25.0. The highest BCUT2D eigenvalue weighted by atomic mass is 16.7. The number of rotatable bonds is 12. The van der Waals surface area contributed by atoms with Gasteiger partial charge in [-0.2, -0.15) is 0 Å². The van der Waals surface area contributed by atoms with Crippen molar-refractivity contribution < 1.29 is 29.3 Å². The SMILES string of the molecule is CN(Cc1ccccc1)C[C@H]1C[C@@H](c2ccc(CO)cc2)O[C@@H](c2ccc(NC(=O)CCCC(=O)O)cc2)O1. The topological polar surface area (TPSA) is 108 Å². The number of hydrogen-bond acceptors (Lipinski definition) is 6. The number of likely N-dealkylation sites (N-methyl/N-ethyl adjacent to an activating group) is 1. The molecule has 0 unspecified atom stereocenters. The fourth-order valence-electron chi connectivity index (χ4n) is 4.69. The van der Waals surface area contributed by atoms with E-state index in [1.807, 2.05) is 54.6 Å². The van der Waals surface area contributed by atoms with Crippen LogP contribution in [0.25, 0.3) is 0 Å². The molecule has 1 aliphatic rings. The van der Waals surface area contributed by atoms with Crippen molar-refractivity contribution in [2.24, 2.45) is 0 Å². The summed E-state index contributed by atoms with van der Waals surface area (Å²) in [6.45, 7) is 1.53. The molecule has 0 spiro atoms. The van der Waals surface area contributed by atoms with Crippen LogP contribution in [0.15, 0.2) is 78.9 Å². The average Bonchev–Trinajstić information content (AvgIpc) is 2.93. The molecule has 3 N–H and O–H groups in total. The molecular formula is C31H36N2O6. The van der Waals surface area contributed by atoms with Gasteiger partial charge < -0.3 is 25.0 Å². The molecule has 3 aromatic carbocycles. The minimum Gasteiger partial charge on any atom is -0.481 e. The molecule has 0 radical (unpaired) electrons. The lowest BCUT2D eigenvalue weighted by molar-refractivity contribution is -0.252. The molecule has 3 atom stereocenters. The summed E-state index contributed by atoms with van der Waals surface area (Å²) in [6.07, 6.45) is 0.264. The number of nitrogens with zero attached hydrogens (tertiary/aromatic N) is 1. The van der Waals surface area contributed by atoms with E-state index >= 15 is 0 Å². The van der Waals surface area contributed by atoms with E-state index in [4.69, 9.17) is 14.6 Å². The van der Waals surface area contributed by atoms with Crippen molar-refractivity contribution in [2.75, 3.05) is 18.9 Å². The number of carbonyl (C=O) groups excluding carboxylic acids is 1. The zero-order chi connectivity index (χ0) is 27.6. The number of anilines is 1. The average molecular weight is 533 g/mol. The Morgan fingerprint density at radius 3 is 2.26 bits per heavy atom. The van der Waals surface area contributed by atoms with E-state index in [0.29, 0.717) is 18.5 Å². The van der Waals surface area contributed by atoms with E-state index in [1.54, 1.807) is 12.1 Å². The number of nitrogens with one attached hydrogen (secondary N) is 1. The third-order valence-corrected chi connectivity index (χ3v) is 6.69. The lowest BCUT2D eigenvalue weighted by atomic mass is 9.99. The molecule has 4 rings (SSSR count). The first kappa shape index (κ1) is 28.4. The Balaban J connectivity index is 1.44. The van der Waals surface area contributed by atoms with Gasteiger partial charge in [-0.25, -0.2) is 0 Å². The predicted molar refractivity (Wildman–Crippen MR) is 148 cm³/mol. The molecule has 8 nitrogen and oxygen atoms in total. The predicted octanol–water partition coefficient (Wildman–Crippen LogP) is 5.05. The van der Waals surface area contributed by atoms with E-state index in [2.05, 4.69) is 29.4 Å². The largest absolute Gasteiger partial charge is 0.481 e. The van der Waals surface area contributed by atoms with Gasteiger partial charge in [-0.1, -0.05) is 66.7 Å². The minimum absolute atomic E-state index is 0.00705. The summed E-state index contributed by atoms with van der Waals surface area (Å²) < 4.78 is 12.8. The Morgan fingerprint density at radius 1 is 0.897 bits per heavy atom. The standard InChI is InChI=1S/C31H36N2O6/c1-33(19-22-6-3-2-4-7-22)20-27-18-28(24-12-10-23(21-34)11-13-24)39-31(38-27)25-14-16-26(17-15-25)32-29(35)8-5-9-30(36)37/h2-4,6-7,10-17,27-28,31,34H,5,8-9,18-21H2,1H3,(H,32,35)(H,36,37)/t27-,28+,31+/m1/s1. The van der Waals surface area contributed by atoms with Crippen molar-refractivity contribution in [2.45, 2.75) is 57.3 Å². The summed E-state index contributed by atoms with van der Waals surface area (Å²) in [6, 6.07) is 25.5. The van der Waals surface area contributed by atoms with Gasteiger partial charge in [0, 0.05) is 43.6 Å². The second kappa shape index (κ2) is 14.0. The Kier molecular flexibility index (Phi) is 10.2. The molecule has 39 heavy (non-hydrogen) atoms. The van der Waals surface area contributed by atoms with Crippen molar-refractivity contribution in [1.82, 2.24) is 4.90 Å². The highest BCUT2D eigenvalue weighted by molar-refractivity contribution is 5.90. The van der Waals surface area contributed by atoms with E-state index < -0.39 is 12.3 Å². The van der Waals surface area contributed by atoms with Crippen molar-refractivity contribution in [3.63, 3.8) is 0 Å². The van der Waals surface area contributed by atoms with Gasteiger partial charge in [0.05, 0.1) is 18.8 Å². The van der Waals surface area contributed by atoms with E-state index in [9.17, 15) is 14.7 Å². The first-order chi connectivity index (χ1) is 18.9. The fraction of sp³-hybridized carbons (Fsp3) is 0.355. The molecule has 0 aliphatic carbocycles. The van der Waals surface area contributed by atoms with Crippen molar-refractivity contribution >= 4 is 17.6 Å². The maximum absolute atomic E-state index is 12.1. The number of carbonyl (C=O) groups is 2. The van der Waals surface area contributed by atoms with Gasteiger partial charge in [0.1, 0.15) is 0 Å². The highest BCUT2D eigenvalue weighted by Crippen LogP contribution is 2.38. The third kappa shape index (κ3) is 8.73. The van der Waals surface area contributed by atoms with Crippen LogP contribution >= 0.6 is 0 Å². The van der Waals surface area contributed by atoms with Crippen LogP contribution in [0.2, 0.25) is 0 Å².